The number of benzene rings is 1. The van der Waals surface area contributed by atoms with Gasteiger partial charge in [-0.2, -0.15) is 0 Å². The third-order valence-corrected chi connectivity index (χ3v) is 2.38. The summed E-state index contributed by atoms with van der Waals surface area (Å²) in [5.74, 6) is -0.886. The molecule has 0 radical (unpaired) electrons. The molecule has 2 nitrogen and oxygen atoms in total. The van der Waals surface area contributed by atoms with Crippen LogP contribution >= 0.6 is 0 Å². The fourth-order valence-corrected chi connectivity index (χ4v) is 1.31. The molecule has 1 unspecified atom stereocenters. The van der Waals surface area contributed by atoms with Crippen molar-refractivity contribution < 1.29 is 13.9 Å². The number of carbonyl (C=O) groups excluding carboxylic acids is 1. The Labute approximate surface area is 101 Å². The first kappa shape index (κ1) is 13.4. The molecule has 0 aliphatic rings. The molecule has 1 aromatic rings. The summed E-state index contributed by atoms with van der Waals surface area (Å²) in [6.45, 7) is 3.36. The van der Waals surface area contributed by atoms with Crippen LogP contribution in [0.5, 0.6) is 0 Å². The highest BCUT2D eigenvalue weighted by molar-refractivity contribution is 5.72. The number of ether oxygens (including phenoxy) is 1. The number of halogens is 1. The van der Waals surface area contributed by atoms with Crippen molar-refractivity contribution in [3.63, 3.8) is 0 Å². The second-order valence-electron chi connectivity index (χ2n) is 4.02. The first-order chi connectivity index (χ1) is 8.09. The molecular weight excluding hydrogens is 219 g/mol. The van der Waals surface area contributed by atoms with E-state index in [0.717, 1.165) is 5.56 Å². The van der Waals surface area contributed by atoms with Gasteiger partial charge in [-0.15, -0.1) is 0 Å². The van der Waals surface area contributed by atoms with E-state index in [2.05, 4.69) is 0 Å². The fourth-order valence-electron chi connectivity index (χ4n) is 1.31. The van der Waals surface area contributed by atoms with E-state index in [4.69, 9.17) is 4.74 Å². The lowest BCUT2D eigenvalue weighted by Crippen LogP contribution is -2.14. The number of rotatable bonds is 5. The predicted molar refractivity (Wildman–Crippen MR) is 64.9 cm³/mol. The van der Waals surface area contributed by atoms with Gasteiger partial charge in [-0.05, 0) is 18.9 Å². The number of carbonyl (C=O) groups is 1. The van der Waals surface area contributed by atoms with Gasteiger partial charge in [0.1, 0.15) is 6.61 Å². The van der Waals surface area contributed by atoms with Crippen molar-refractivity contribution in [2.45, 2.75) is 26.9 Å². The summed E-state index contributed by atoms with van der Waals surface area (Å²) in [6, 6.07) is 9.47. The van der Waals surface area contributed by atoms with Crippen molar-refractivity contribution in [2.75, 3.05) is 0 Å². The zero-order valence-electron chi connectivity index (χ0n) is 10.2. The van der Waals surface area contributed by atoms with Crippen molar-refractivity contribution in [1.29, 1.82) is 0 Å². The van der Waals surface area contributed by atoms with E-state index in [1.165, 1.54) is 13.0 Å². The van der Waals surface area contributed by atoms with Gasteiger partial charge in [0, 0.05) is 0 Å². The first-order valence-electron chi connectivity index (χ1n) is 5.62. The van der Waals surface area contributed by atoms with Gasteiger partial charge >= 0.3 is 5.97 Å². The Balaban J connectivity index is 2.37. The molecule has 0 saturated carbocycles. The second-order valence-corrected chi connectivity index (χ2v) is 4.02. The van der Waals surface area contributed by atoms with Gasteiger partial charge in [0.15, 0.2) is 0 Å². The highest BCUT2D eigenvalue weighted by Gasteiger charge is 2.13. The Morgan fingerprint density at radius 3 is 2.65 bits per heavy atom. The van der Waals surface area contributed by atoms with Crippen molar-refractivity contribution in [1.82, 2.24) is 0 Å². The topological polar surface area (TPSA) is 26.3 Å². The van der Waals surface area contributed by atoms with Gasteiger partial charge in [-0.25, -0.2) is 4.39 Å². The number of allylic oxidation sites excluding steroid dienone is 2. The van der Waals surface area contributed by atoms with Crippen LogP contribution in [0.3, 0.4) is 0 Å². The maximum atomic E-state index is 12.5. The van der Waals surface area contributed by atoms with Crippen molar-refractivity contribution in [3.8, 4) is 0 Å². The average Bonchev–Trinajstić information content (AvgIpc) is 2.34. The number of hydrogen-bond acceptors (Lipinski definition) is 2. The highest BCUT2D eigenvalue weighted by Crippen LogP contribution is 2.10. The maximum Gasteiger partial charge on any atom is 0.309 e. The van der Waals surface area contributed by atoms with Gasteiger partial charge < -0.3 is 4.74 Å². The normalized spacial score (nSPS) is 13.2. The molecule has 92 valence electrons. The van der Waals surface area contributed by atoms with Crippen molar-refractivity contribution in [3.05, 3.63) is 47.8 Å². The minimum Gasteiger partial charge on any atom is -0.461 e. The van der Waals surface area contributed by atoms with E-state index in [1.807, 2.05) is 30.3 Å². The Morgan fingerprint density at radius 2 is 2.06 bits per heavy atom. The fraction of sp³-hybridized carbons (Fsp3) is 0.357. The lowest BCUT2D eigenvalue weighted by atomic mass is 10.1. The Hall–Kier alpha value is -1.64. The standard InChI is InChI=1S/C14H17FO2/c1-11(8-9-12(2)15)14(16)17-10-13-6-4-3-5-7-13/h3-7,9,11H,8,10H2,1-2H3/b12-9+. The first-order valence-corrected chi connectivity index (χ1v) is 5.62. The monoisotopic (exact) mass is 236 g/mol. The largest absolute Gasteiger partial charge is 0.461 e. The molecule has 0 saturated heterocycles. The molecule has 0 bridgehead atoms. The molecular formula is C14H17FO2. The molecule has 0 amide bonds. The molecule has 0 aromatic heterocycles. The molecule has 0 aliphatic carbocycles. The molecule has 0 aliphatic heterocycles. The van der Waals surface area contributed by atoms with Crippen molar-refractivity contribution in [2.24, 2.45) is 5.92 Å². The zero-order valence-corrected chi connectivity index (χ0v) is 10.2. The highest BCUT2D eigenvalue weighted by atomic mass is 19.1. The maximum absolute atomic E-state index is 12.5. The van der Waals surface area contributed by atoms with E-state index >= 15 is 0 Å². The van der Waals surface area contributed by atoms with Gasteiger partial charge in [0.2, 0.25) is 0 Å². The minimum absolute atomic E-state index is 0.266. The van der Waals surface area contributed by atoms with Crippen LogP contribution in [0, 0.1) is 5.92 Å². The quantitative estimate of drug-likeness (QED) is 0.730. The SMILES string of the molecule is C/C(F)=C\CC(C)C(=O)OCc1ccccc1. The molecule has 0 spiro atoms. The molecule has 3 heteroatoms. The van der Waals surface area contributed by atoms with Gasteiger partial charge in [0.25, 0.3) is 0 Å². The minimum atomic E-state index is -0.315. The van der Waals surface area contributed by atoms with Gasteiger partial charge in [0.05, 0.1) is 11.7 Å². The molecule has 0 heterocycles. The van der Waals surface area contributed by atoms with Crippen LogP contribution in [-0.4, -0.2) is 5.97 Å². The summed E-state index contributed by atoms with van der Waals surface area (Å²) in [7, 11) is 0. The van der Waals surface area contributed by atoms with Crippen LogP contribution in [0.4, 0.5) is 4.39 Å². The Morgan fingerprint density at radius 1 is 1.41 bits per heavy atom. The summed E-state index contributed by atoms with van der Waals surface area (Å²) < 4.78 is 17.6. The van der Waals surface area contributed by atoms with E-state index in [0.29, 0.717) is 6.42 Å². The molecule has 0 N–H and O–H groups in total. The van der Waals surface area contributed by atoms with Crippen molar-refractivity contribution >= 4 is 5.97 Å². The zero-order chi connectivity index (χ0) is 12.7. The third kappa shape index (κ3) is 5.29. The predicted octanol–water partition coefficient (Wildman–Crippen LogP) is 3.63. The van der Waals surface area contributed by atoms with Crippen LogP contribution in [-0.2, 0) is 16.1 Å². The lowest BCUT2D eigenvalue weighted by molar-refractivity contribution is -0.149. The average molecular weight is 236 g/mol. The van der Waals surface area contributed by atoms with Crippen LogP contribution in [0.1, 0.15) is 25.8 Å². The number of esters is 1. The summed E-state index contributed by atoms with van der Waals surface area (Å²) >= 11 is 0. The smallest absolute Gasteiger partial charge is 0.309 e. The van der Waals surface area contributed by atoms with E-state index in [1.54, 1.807) is 6.92 Å². The molecule has 0 fully saturated rings. The molecule has 1 rings (SSSR count). The van der Waals surface area contributed by atoms with Crippen LogP contribution in [0.15, 0.2) is 42.2 Å². The summed E-state index contributed by atoms with van der Waals surface area (Å²) in [5.41, 5.74) is 0.949. The van der Waals surface area contributed by atoms with E-state index in [9.17, 15) is 9.18 Å². The second kappa shape index (κ2) is 6.84. The number of hydrogen-bond donors (Lipinski definition) is 0. The summed E-state index contributed by atoms with van der Waals surface area (Å²) in [4.78, 5) is 11.6. The lowest BCUT2D eigenvalue weighted by Gasteiger charge is -2.09. The van der Waals surface area contributed by atoms with Crippen LogP contribution in [0.25, 0.3) is 0 Å². The third-order valence-electron chi connectivity index (χ3n) is 2.38. The van der Waals surface area contributed by atoms with Crippen LogP contribution < -0.4 is 0 Å². The van der Waals surface area contributed by atoms with E-state index < -0.39 is 0 Å². The Bertz CT molecular complexity index is 380. The van der Waals surface area contributed by atoms with E-state index in [-0.39, 0.29) is 24.3 Å². The van der Waals surface area contributed by atoms with Gasteiger partial charge in [-0.1, -0.05) is 43.3 Å². The molecule has 1 aromatic carbocycles. The van der Waals surface area contributed by atoms with Gasteiger partial charge in [-0.3, -0.25) is 4.79 Å². The summed E-state index contributed by atoms with van der Waals surface area (Å²) in [6.07, 6.45) is 1.77. The molecule has 17 heavy (non-hydrogen) atoms. The molecule has 1 atom stereocenters. The summed E-state index contributed by atoms with van der Waals surface area (Å²) in [5, 5.41) is 0. The van der Waals surface area contributed by atoms with Crippen LogP contribution in [0.2, 0.25) is 0 Å². The Kier molecular flexibility index (Phi) is 5.40.